The third kappa shape index (κ3) is 4.52. The monoisotopic (exact) mass is 410 g/mol. The quantitative estimate of drug-likeness (QED) is 0.831. The lowest BCUT2D eigenvalue weighted by Gasteiger charge is -2.33. The Balaban J connectivity index is 1.50. The molecule has 1 saturated heterocycles. The third-order valence-corrected chi connectivity index (χ3v) is 6.69. The molecule has 6 heteroatoms. The molecule has 1 aliphatic carbocycles. The van der Waals surface area contributed by atoms with Crippen LogP contribution in [0.3, 0.4) is 0 Å². The van der Waals surface area contributed by atoms with Gasteiger partial charge in [0.2, 0.25) is 5.91 Å². The Morgan fingerprint density at radius 2 is 1.80 bits per heavy atom. The number of aromatic nitrogens is 2. The first-order valence-corrected chi connectivity index (χ1v) is 11.7. The summed E-state index contributed by atoms with van der Waals surface area (Å²) >= 11 is 0. The number of fused-ring (bicyclic) bond motifs is 1. The van der Waals surface area contributed by atoms with E-state index in [9.17, 15) is 9.59 Å². The van der Waals surface area contributed by atoms with Gasteiger partial charge in [-0.25, -0.2) is 4.98 Å². The fourth-order valence-corrected chi connectivity index (χ4v) is 5.00. The highest BCUT2D eigenvalue weighted by Crippen LogP contribution is 2.23. The average molecular weight is 411 g/mol. The number of anilines is 1. The molecule has 0 bridgehead atoms. The second-order valence-corrected chi connectivity index (χ2v) is 8.81. The second-order valence-electron chi connectivity index (χ2n) is 8.81. The maximum atomic E-state index is 13.1. The summed E-state index contributed by atoms with van der Waals surface area (Å²) in [5.74, 6) is 0.563. The number of nitrogens with one attached hydrogen (secondary N) is 1. The van der Waals surface area contributed by atoms with Gasteiger partial charge in [0.25, 0.3) is 5.56 Å². The molecule has 162 valence electrons. The zero-order valence-electron chi connectivity index (χ0n) is 18.1. The summed E-state index contributed by atoms with van der Waals surface area (Å²) in [5.41, 5.74) is 1.64. The van der Waals surface area contributed by atoms with E-state index in [1.807, 2.05) is 36.1 Å². The summed E-state index contributed by atoms with van der Waals surface area (Å²) in [6.45, 7) is 3.94. The van der Waals surface area contributed by atoms with Crippen molar-refractivity contribution in [1.82, 2.24) is 14.9 Å². The topological polar surface area (TPSA) is 67.2 Å². The number of amides is 1. The van der Waals surface area contributed by atoms with Gasteiger partial charge in [-0.15, -0.1) is 0 Å². The minimum atomic E-state index is -0.0769. The maximum absolute atomic E-state index is 13.1. The van der Waals surface area contributed by atoms with Crippen molar-refractivity contribution >= 4 is 22.8 Å². The smallest absolute Gasteiger partial charge is 0.293 e. The fourth-order valence-electron chi connectivity index (χ4n) is 5.00. The highest BCUT2D eigenvalue weighted by Gasteiger charge is 2.29. The molecule has 1 saturated carbocycles. The Bertz CT molecular complexity index is 930. The van der Waals surface area contributed by atoms with Crippen molar-refractivity contribution in [1.29, 1.82) is 0 Å². The van der Waals surface area contributed by atoms with Crippen LogP contribution in [0.5, 0.6) is 0 Å². The van der Waals surface area contributed by atoms with Crippen molar-refractivity contribution < 1.29 is 4.79 Å². The van der Waals surface area contributed by atoms with E-state index < -0.39 is 0 Å². The van der Waals surface area contributed by atoms with Crippen LogP contribution in [-0.4, -0.2) is 34.6 Å². The Labute approximate surface area is 178 Å². The van der Waals surface area contributed by atoms with E-state index in [1.165, 1.54) is 32.1 Å². The molecule has 2 heterocycles. The molecule has 1 aliphatic heterocycles. The van der Waals surface area contributed by atoms with Crippen molar-refractivity contribution in [2.24, 2.45) is 5.92 Å². The Hall–Kier alpha value is -2.37. The first-order valence-electron chi connectivity index (χ1n) is 11.7. The van der Waals surface area contributed by atoms with Gasteiger partial charge in [-0.2, -0.15) is 0 Å². The normalized spacial score (nSPS) is 21.2. The van der Waals surface area contributed by atoms with Crippen LogP contribution in [0.25, 0.3) is 11.0 Å². The second kappa shape index (κ2) is 9.63. The Morgan fingerprint density at radius 1 is 1.07 bits per heavy atom. The van der Waals surface area contributed by atoms with Crippen molar-refractivity contribution in [2.75, 3.05) is 18.0 Å². The van der Waals surface area contributed by atoms with Crippen LogP contribution in [0, 0.1) is 5.92 Å². The lowest BCUT2D eigenvalue weighted by atomic mass is 9.94. The zero-order chi connectivity index (χ0) is 20.9. The molecule has 0 radical (unpaired) electrons. The van der Waals surface area contributed by atoms with Crippen molar-refractivity contribution in [2.45, 2.75) is 77.3 Å². The number of nitrogens with zero attached hydrogens (tertiary/aromatic N) is 3. The molecule has 1 amide bonds. The molecular formula is C24H34N4O2. The minimum absolute atomic E-state index is 0.0581. The van der Waals surface area contributed by atoms with Gasteiger partial charge in [-0.05, 0) is 44.7 Å². The van der Waals surface area contributed by atoms with E-state index in [0.717, 1.165) is 43.3 Å². The maximum Gasteiger partial charge on any atom is 0.293 e. The highest BCUT2D eigenvalue weighted by molar-refractivity contribution is 5.80. The van der Waals surface area contributed by atoms with Crippen LogP contribution in [0.15, 0.2) is 29.1 Å². The van der Waals surface area contributed by atoms with E-state index in [0.29, 0.717) is 24.9 Å². The van der Waals surface area contributed by atoms with Crippen LogP contribution in [0.4, 0.5) is 5.82 Å². The van der Waals surface area contributed by atoms with E-state index in [4.69, 9.17) is 4.98 Å². The molecule has 6 nitrogen and oxygen atoms in total. The zero-order valence-corrected chi connectivity index (χ0v) is 18.1. The van der Waals surface area contributed by atoms with Crippen LogP contribution >= 0.6 is 0 Å². The largest absolute Gasteiger partial charge is 0.353 e. The van der Waals surface area contributed by atoms with Gasteiger partial charge < -0.3 is 14.8 Å². The fraction of sp³-hybridized carbons (Fsp3) is 0.625. The predicted molar refractivity (Wildman–Crippen MR) is 121 cm³/mol. The van der Waals surface area contributed by atoms with Gasteiger partial charge in [0.05, 0.1) is 17.0 Å². The number of para-hydroxylation sites is 2. The van der Waals surface area contributed by atoms with Crippen LogP contribution < -0.4 is 15.8 Å². The number of carbonyl (C=O) groups is 1. The number of hydrogen-bond acceptors (Lipinski definition) is 4. The summed E-state index contributed by atoms with van der Waals surface area (Å²) < 4.78 is 1.79. The lowest BCUT2D eigenvalue weighted by Crippen LogP contribution is -2.47. The molecule has 1 aromatic heterocycles. The molecule has 1 N–H and O–H groups in total. The molecule has 30 heavy (non-hydrogen) atoms. The molecule has 4 rings (SSSR count). The Morgan fingerprint density at radius 3 is 2.57 bits per heavy atom. The number of carbonyl (C=O) groups excluding carboxylic acids is 1. The number of benzene rings is 1. The van der Waals surface area contributed by atoms with Crippen LogP contribution in [-0.2, 0) is 11.3 Å². The molecule has 0 unspecified atom stereocenters. The highest BCUT2D eigenvalue weighted by atomic mass is 16.2. The molecular weight excluding hydrogens is 376 g/mol. The van der Waals surface area contributed by atoms with Crippen molar-refractivity contribution in [3.63, 3.8) is 0 Å². The van der Waals surface area contributed by atoms with Gasteiger partial charge >= 0.3 is 0 Å². The number of hydrogen-bond donors (Lipinski definition) is 1. The van der Waals surface area contributed by atoms with Gasteiger partial charge in [-0.1, -0.05) is 44.2 Å². The number of aryl methyl sites for hydroxylation is 1. The van der Waals surface area contributed by atoms with E-state index in [2.05, 4.69) is 5.32 Å². The van der Waals surface area contributed by atoms with Crippen LogP contribution in [0.1, 0.15) is 64.7 Å². The molecule has 2 fully saturated rings. The van der Waals surface area contributed by atoms with E-state index in [1.54, 1.807) is 4.57 Å². The molecule has 1 aromatic carbocycles. The predicted octanol–water partition coefficient (Wildman–Crippen LogP) is 3.86. The summed E-state index contributed by atoms with van der Waals surface area (Å²) in [7, 11) is 0. The first kappa shape index (κ1) is 20.9. The summed E-state index contributed by atoms with van der Waals surface area (Å²) in [4.78, 5) is 32.9. The standard InChI is InChI=1S/C24H34N4O2/c1-2-28-21-15-9-8-14-20(21)26-22(24(28)30)27-16-10-11-18(17-27)23(29)25-19-12-6-4-3-5-7-13-19/h8-9,14-15,18-19H,2-7,10-13,16-17H2,1H3,(H,25,29)/t18-/m0/s1. The summed E-state index contributed by atoms with van der Waals surface area (Å²) in [6.07, 6.45) is 10.3. The van der Waals surface area contributed by atoms with Crippen molar-refractivity contribution in [3.8, 4) is 0 Å². The Kier molecular flexibility index (Phi) is 6.70. The molecule has 0 spiro atoms. The molecule has 2 aromatic rings. The van der Waals surface area contributed by atoms with Gasteiger partial charge in [-0.3, -0.25) is 9.59 Å². The first-order chi connectivity index (χ1) is 14.7. The number of rotatable bonds is 4. The number of piperidine rings is 1. The summed E-state index contributed by atoms with van der Waals surface area (Å²) in [6, 6.07) is 8.09. The van der Waals surface area contributed by atoms with Gasteiger partial charge in [0.15, 0.2) is 5.82 Å². The SMILES string of the molecule is CCn1c(=O)c(N2CCC[C@H](C(=O)NC3CCCCCCC3)C2)nc2ccccc21. The molecule has 2 aliphatic rings. The van der Waals surface area contributed by atoms with E-state index >= 15 is 0 Å². The van der Waals surface area contributed by atoms with Crippen LogP contribution in [0.2, 0.25) is 0 Å². The van der Waals surface area contributed by atoms with E-state index in [-0.39, 0.29) is 17.4 Å². The minimum Gasteiger partial charge on any atom is -0.353 e. The average Bonchev–Trinajstić information content (AvgIpc) is 2.75. The van der Waals surface area contributed by atoms with Crippen molar-refractivity contribution in [3.05, 3.63) is 34.6 Å². The summed E-state index contributed by atoms with van der Waals surface area (Å²) in [5, 5.41) is 3.33. The lowest BCUT2D eigenvalue weighted by molar-refractivity contribution is -0.126. The third-order valence-electron chi connectivity index (χ3n) is 6.69. The molecule has 1 atom stereocenters. The van der Waals surface area contributed by atoms with Gasteiger partial charge in [0, 0.05) is 25.7 Å². The van der Waals surface area contributed by atoms with Gasteiger partial charge in [0.1, 0.15) is 0 Å².